The highest BCUT2D eigenvalue weighted by Gasteiger charge is 2.49. The van der Waals surface area contributed by atoms with E-state index in [1.54, 1.807) is 24.4 Å². The first-order valence-corrected chi connectivity index (χ1v) is 13.6. The molecule has 0 bridgehead atoms. The van der Waals surface area contributed by atoms with Crippen LogP contribution >= 0.6 is 0 Å². The maximum absolute atomic E-state index is 13.1. The van der Waals surface area contributed by atoms with E-state index < -0.39 is 11.6 Å². The molecule has 1 amide bonds. The summed E-state index contributed by atoms with van der Waals surface area (Å²) >= 11 is 0. The molecule has 5 rings (SSSR count). The third-order valence-corrected chi connectivity index (χ3v) is 7.28. The molecule has 1 unspecified atom stereocenters. The van der Waals surface area contributed by atoms with E-state index in [0.29, 0.717) is 43.7 Å². The van der Waals surface area contributed by atoms with Gasteiger partial charge >= 0.3 is 5.97 Å². The average Bonchev–Trinajstić information content (AvgIpc) is 3.66. The molecule has 11 nitrogen and oxygen atoms in total. The quantitative estimate of drug-likeness (QED) is 0.282. The number of hydrogen-bond donors (Lipinski definition) is 2. The number of amides is 1. The topological polar surface area (TPSA) is 143 Å². The molecular weight excluding hydrogens is 522 g/mol. The first-order chi connectivity index (χ1) is 19.9. The fourth-order valence-electron chi connectivity index (χ4n) is 5.21. The number of pyridine rings is 1. The predicted octanol–water partition coefficient (Wildman–Crippen LogP) is 3.58. The van der Waals surface area contributed by atoms with Crippen LogP contribution in [-0.2, 0) is 22.6 Å². The van der Waals surface area contributed by atoms with Crippen molar-refractivity contribution in [1.82, 2.24) is 35.4 Å². The summed E-state index contributed by atoms with van der Waals surface area (Å²) in [6.45, 7) is 2.54. The molecule has 2 aromatic carbocycles. The molecule has 4 aromatic rings. The van der Waals surface area contributed by atoms with Crippen molar-refractivity contribution < 1.29 is 19.5 Å². The standard InChI is InChI=1S/C30H31N7O4/c1-2-8-26(38)37-28(33-34-35-37)25-11-4-3-10-24(25)22-14-12-21(13-15-22)20-32-30(29(40)41)16-7-18-36(30)27(39)19-23-9-5-6-17-31-23/h3-6,9-15,17,32H,2,7-8,16,18-20H2,1H3,(H,40,41). The van der Waals surface area contributed by atoms with Gasteiger partial charge in [-0.1, -0.05) is 61.5 Å². The van der Waals surface area contributed by atoms with Gasteiger partial charge in [0.1, 0.15) is 0 Å². The first-order valence-electron chi connectivity index (χ1n) is 13.6. The average molecular weight is 554 g/mol. The minimum Gasteiger partial charge on any atom is -0.478 e. The van der Waals surface area contributed by atoms with Crippen LogP contribution in [0.25, 0.3) is 22.5 Å². The number of tetrazole rings is 1. The highest BCUT2D eigenvalue weighted by Crippen LogP contribution is 2.32. The summed E-state index contributed by atoms with van der Waals surface area (Å²) < 4.78 is 1.24. The SMILES string of the molecule is CCCC(=O)n1nnnc1-c1ccccc1-c1ccc(CNC2(C(=O)O)CCCN2C(=O)Cc2ccccn2)cc1. The summed E-state index contributed by atoms with van der Waals surface area (Å²) in [6.07, 6.45) is 3.58. The number of carbonyl (C=O) groups excluding carboxylic acids is 2. The Morgan fingerprint density at radius 1 is 0.976 bits per heavy atom. The summed E-state index contributed by atoms with van der Waals surface area (Å²) in [6, 6.07) is 20.6. The van der Waals surface area contributed by atoms with Gasteiger partial charge in [-0.05, 0) is 58.5 Å². The molecule has 3 heterocycles. The van der Waals surface area contributed by atoms with Crippen molar-refractivity contribution in [3.63, 3.8) is 0 Å². The van der Waals surface area contributed by atoms with Crippen LogP contribution in [-0.4, -0.2) is 65.2 Å². The molecule has 2 aromatic heterocycles. The minimum atomic E-state index is -1.49. The van der Waals surface area contributed by atoms with E-state index in [4.69, 9.17) is 0 Å². The Kier molecular flexibility index (Phi) is 8.25. The number of hydrogen-bond acceptors (Lipinski definition) is 8. The maximum atomic E-state index is 13.1. The number of nitrogens with one attached hydrogen (secondary N) is 1. The summed E-state index contributed by atoms with van der Waals surface area (Å²) in [7, 11) is 0. The highest BCUT2D eigenvalue weighted by atomic mass is 16.4. The number of aromatic nitrogens is 5. The van der Waals surface area contributed by atoms with Gasteiger partial charge < -0.3 is 10.0 Å². The molecule has 0 saturated carbocycles. The number of carboxylic acids is 1. The van der Waals surface area contributed by atoms with Gasteiger partial charge in [-0.3, -0.25) is 19.9 Å². The molecular formula is C30H31N7O4. The fraction of sp³-hybridized carbons (Fsp3) is 0.300. The molecule has 11 heteroatoms. The summed E-state index contributed by atoms with van der Waals surface area (Å²) in [4.78, 5) is 43.8. The van der Waals surface area contributed by atoms with Gasteiger partial charge in [0.05, 0.1) is 6.42 Å². The Hall–Kier alpha value is -4.77. The van der Waals surface area contributed by atoms with E-state index in [9.17, 15) is 19.5 Å². The Labute approximate surface area is 237 Å². The molecule has 1 fully saturated rings. The first kappa shape index (κ1) is 27.8. The molecule has 0 spiro atoms. The number of benzene rings is 2. The van der Waals surface area contributed by atoms with Crippen molar-refractivity contribution in [2.45, 2.75) is 51.2 Å². The van der Waals surface area contributed by atoms with Gasteiger partial charge in [0.25, 0.3) is 0 Å². The Morgan fingerprint density at radius 2 is 1.73 bits per heavy atom. The molecule has 1 atom stereocenters. The number of rotatable bonds is 10. The zero-order chi connectivity index (χ0) is 28.8. The predicted molar refractivity (Wildman–Crippen MR) is 150 cm³/mol. The molecule has 1 aliphatic rings. The minimum absolute atomic E-state index is 0.0407. The van der Waals surface area contributed by atoms with Crippen molar-refractivity contribution in [2.75, 3.05) is 6.54 Å². The smallest absolute Gasteiger partial charge is 0.344 e. The summed E-state index contributed by atoms with van der Waals surface area (Å²) in [5.74, 6) is -1.14. The van der Waals surface area contributed by atoms with Crippen LogP contribution in [0.3, 0.4) is 0 Å². The third-order valence-electron chi connectivity index (χ3n) is 7.28. The Bertz CT molecular complexity index is 1540. The highest BCUT2D eigenvalue weighted by molar-refractivity contribution is 5.88. The molecule has 1 aliphatic heterocycles. The molecule has 210 valence electrons. The van der Waals surface area contributed by atoms with Crippen molar-refractivity contribution in [1.29, 1.82) is 0 Å². The lowest BCUT2D eigenvalue weighted by Gasteiger charge is -2.35. The van der Waals surface area contributed by atoms with Crippen LogP contribution < -0.4 is 5.32 Å². The van der Waals surface area contributed by atoms with Gasteiger partial charge in [0.15, 0.2) is 11.5 Å². The monoisotopic (exact) mass is 553 g/mol. The molecule has 0 aliphatic carbocycles. The van der Waals surface area contributed by atoms with Crippen LogP contribution in [0.15, 0.2) is 72.9 Å². The van der Waals surface area contributed by atoms with Gasteiger partial charge in [-0.25, -0.2) is 4.79 Å². The van der Waals surface area contributed by atoms with Gasteiger partial charge in [-0.2, -0.15) is 4.68 Å². The Morgan fingerprint density at radius 3 is 2.44 bits per heavy atom. The van der Waals surface area contributed by atoms with E-state index >= 15 is 0 Å². The lowest BCUT2D eigenvalue weighted by atomic mass is 9.98. The Balaban J connectivity index is 1.34. The van der Waals surface area contributed by atoms with Crippen molar-refractivity contribution in [2.24, 2.45) is 0 Å². The van der Waals surface area contributed by atoms with Crippen LogP contribution in [0, 0.1) is 0 Å². The second kappa shape index (κ2) is 12.2. The zero-order valence-electron chi connectivity index (χ0n) is 22.7. The molecule has 41 heavy (non-hydrogen) atoms. The molecule has 0 radical (unpaired) electrons. The largest absolute Gasteiger partial charge is 0.478 e. The van der Waals surface area contributed by atoms with E-state index in [1.807, 2.05) is 55.5 Å². The third kappa shape index (κ3) is 5.75. The van der Waals surface area contributed by atoms with Crippen molar-refractivity contribution in [3.05, 3.63) is 84.2 Å². The van der Waals surface area contributed by atoms with Gasteiger partial charge in [-0.15, -0.1) is 5.10 Å². The van der Waals surface area contributed by atoms with E-state index in [1.165, 1.54) is 9.58 Å². The van der Waals surface area contributed by atoms with E-state index in [-0.39, 0.29) is 24.8 Å². The summed E-state index contributed by atoms with van der Waals surface area (Å²) in [5, 5.41) is 25.1. The number of aliphatic carboxylic acids is 1. The van der Waals surface area contributed by atoms with Crippen LogP contribution in [0.1, 0.15) is 48.7 Å². The maximum Gasteiger partial charge on any atom is 0.344 e. The zero-order valence-corrected chi connectivity index (χ0v) is 22.7. The van der Waals surface area contributed by atoms with Crippen LogP contribution in [0.2, 0.25) is 0 Å². The second-order valence-electron chi connectivity index (χ2n) is 9.97. The fourth-order valence-corrected chi connectivity index (χ4v) is 5.21. The lowest BCUT2D eigenvalue weighted by Crippen LogP contribution is -2.62. The van der Waals surface area contributed by atoms with Gasteiger partial charge in [0.2, 0.25) is 11.8 Å². The number of likely N-dealkylation sites (tertiary alicyclic amines) is 1. The van der Waals surface area contributed by atoms with E-state index in [0.717, 1.165) is 22.3 Å². The van der Waals surface area contributed by atoms with Crippen LogP contribution in [0.4, 0.5) is 0 Å². The number of nitrogens with zero attached hydrogens (tertiary/aromatic N) is 6. The normalized spacial score (nSPS) is 16.6. The second-order valence-corrected chi connectivity index (χ2v) is 9.97. The lowest BCUT2D eigenvalue weighted by molar-refractivity contribution is -0.159. The molecule has 1 saturated heterocycles. The number of carboxylic acid groups (broad SMARTS) is 1. The van der Waals surface area contributed by atoms with E-state index in [2.05, 4.69) is 25.8 Å². The van der Waals surface area contributed by atoms with Crippen molar-refractivity contribution >= 4 is 17.8 Å². The van der Waals surface area contributed by atoms with Crippen molar-refractivity contribution in [3.8, 4) is 22.5 Å². The molecule has 2 N–H and O–H groups in total. The van der Waals surface area contributed by atoms with Crippen LogP contribution in [0.5, 0.6) is 0 Å². The number of carbonyl (C=O) groups is 3. The summed E-state index contributed by atoms with van der Waals surface area (Å²) in [5.41, 5.74) is 2.45. The van der Waals surface area contributed by atoms with Gasteiger partial charge in [0, 0.05) is 37.0 Å².